The molecule has 0 fully saturated rings. The number of nitrogens with zero attached hydrogens (tertiary/aromatic N) is 1. The Morgan fingerprint density at radius 3 is 2.88 bits per heavy atom. The highest BCUT2D eigenvalue weighted by Gasteiger charge is 2.14. The van der Waals surface area contributed by atoms with Gasteiger partial charge in [0.2, 0.25) is 10.0 Å². The van der Waals surface area contributed by atoms with E-state index in [0.29, 0.717) is 5.82 Å². The average Bonchev–Trinajstić information content (AvgIpc) is 2.79. The van der Waals surface area contributed by atoms with Crippen molar-refractivity contribution in [1.29, 1.82) is 0 Å². The summed E-state index contributed by atoms with van der Waals surface area (Å²) in [5.41, 5.74) is 0. The standard InChI is InChI=1S/C10H10BrN3O2S/c11-8-2-1-3-9(6-8)17(15,16)14-7-10-12-4-5-13-10/h1-6,14H,7H2,(H,12,13). The van der Waals surface area contributed by atoms with Crippen molar-refractivity contribution in [2.45, 2.75) is 11.4 Å². The van der Waals surface area contributed by atoms with Gasteiger partial charge in [0, 0.05) is 16.9 Å². The number of aromatic amines is 1. The van der Waals surface area contributed by atoms with Crippen LogP contribution in [0.2, 0.25) is 0 Å². The van der Waals surface area contributed by atoms with Crippen LogP contribution in [-0.2, 0) is 16.6 Å². The Morgan fingerprint density at radius 1 is 1.41 bits per heavy atom. The lowest BCUT2D eigenvalue weighted by Gasteiger charge is -2.05. The van der Waals surface area contributed by atoms with Crippen LogP contribution in [-0.4, -0.2) is 18.4 Å². The molecule has 2 rings (SSSR count). The maximum atomic E-state index is 11.9. The third kappa shape index (κ3) is 3.15. The third-order valence-electron chi connectivity index (χ3n) is 2.09. The summed E-state index contributed by atoms with van der Waals surface area (Å²) in [6.07, 6.45) is 3.21. The van der Waals surface area contributed by atoms with Crippen LogP contribution >= 0.6 is 15.9 Å². The molecule has 0 unspecified atom stereocenters. The molecule has 0 bridgehead atoms. The summed E-state index contributed by atoms with van der Waals surface area (Å²) in [6, 6.07) is 6.52. The second-order valence-corrected chi connectivity index (χ2v) is 6.00. The van der Waals surface area contributed by atoms with E-state index in [4.69, 9.17) is 0 Å². The summed E-state index contributed by atoms with van der Waals surface area (Å²) in [6.45, 7) is 0.141. The molecule has 0 saturated heterocycles. The molecule has 17 heavy (non-hydrogen) atoms. The maximum absolute atomic E-state index is 11.9. The molecule has 0 amide bonds. The van der Waals surface area contributed by atoms with Crippen LogP contribution in [0.15, 0.2) is 46.0 Å². The van der Waals surface area contributed by atoms with Crippen molar-refractivity contribution in [3.63, 3.8) is 0 Å². The van der Waals surface area contributed by atoms with E-state index >= 15 is 0 Å². The number of H-pyrrole nitrogens is 1. The number of sulfonamides is 1. The van der Waals surface area contributed by atoms with E-state index in [9.17, 15) is 8.42 Å². The SMILES string of the molecule is O=S(=O)(NCc1ncc[nH]1)c1cccc(Br)c1. The van der Waals surface area contributed by atoms with Crippen LogP contribution in [0.25, 0.3) is 0 Å². The molecule has 2 aromatic rings. The summed E-state index contributed by atoms with van der Waals surface area (Å²) in [7, 11) is -3.50. The van der Waals surface area contributed by atoms with Gasteiger partial charge in [-0.25, -0.2) is 18.1 Å². The zero-order valence-corrected chi connectivity index (χ0v) is 11.1. The highest BCUT2D eigenvalue weighted by atomic mass is 79.9. The van der Waals surface area contributed by atoms with Crippen LogP contribution in [0.3, 0.4) is 0 Å². The fourth-order valence-corrected chi connectivity index (χ4v) is 2.86. The molecule has 2 N–H and O–H groups in total. The number of halogens is 1. The Hall–Kier alpha value is -1.18. The van der Waals surface area contributed by atoms with Crippen LogP contribution in [0.5, 0.6) is 0 Å². The van der Waals surface area contributed by atoms with E-state index in [1.807, 2.05) is 0 Å². The highest BCUT2D eigenvalue weighted by Crippen LogP contribution is 2.15. The lowest BCUT2D eigenvalue weighted by molar-refractivity contribution is 0.579. The minimum atomic E-state index is -3.50. The van der Waals surface area contributed by atoms with Crippen LogP contribution in [0, 0.1) is 0 Å². The molecule has 0 radical (unpaired) electrons. The van der Waals surface area contributed by atoms with Crippen molar-refractivity contribution in [2.75, 3.05) is 0 Å². The second kappa shape index (κ2) is 4.99. The molecule has 0 aliphatic heterocycles. The van der Waals surface area contributed by atoms with Gasteiger partial charge in [0.15, 0.2) is 0 Å². The van der Waals surface area contributed by atoms with E-state index in [1.54, 1.807) is 30.6 Å². The zero-order valence-electron chi connectivity index (χ0n) is 8.72. The zero-order chi connectivity index (χ0) is 12.3. The van der Waals surface area contributed by atoms with Gasteiger partial charge in [-0.05, 0) is 18.2 Å². The number of rotatable bonds is 4. The number of aromatic nitrogens is 2. The Labute approximate surface area is 107 Å². The molecule has 0 atom stereocenters. The van der Waals surface area contributed by atoms with E-state index in [0.717, 1.165) is 4.47 Å². The molecular weight excluding hydrogens is 306 g/mol. The summed E-state index contributed by atoms with van der Waals surface area (Å²) in [5.74, 6) is 0.573. The van der Waals surface area contributed by atoms with Gasteiger partial charge in [0.05, 0.1) is 11.4 Å². The third-order valence-corrected chi connectivity index (χ3v) is 3.98. The fraction of sp³-hybridized carbons (Fsp3) is 0.100. The largest absolute Gasteiger partial charge is 0.347 e. The van der Waals surface area contributed by atoms with E-state index in [-0.39, 0.29) is 11.4 Å². The van der Waals surface area contributed by atoms with Crippen molar-refractivity contribution in [2.24, 2.45) is 0 Å². The molecule has 0 aliphatic rings. The predicted octanol–water partition coefficient (Wildman–Crippen LogP) is 1.65. The first-order valence-corrected chi connectivity index (χ1v) is 7.09. The first-order chi connectivity index (χ1) is 8.08. The van der Waals surface area contributed by atoms with Crippen molar-refractivity contribution < 1.29 is 8.42 Å². The number of benzene rings is 1. The van der Waals surface area contributed by atoms with Crippen molar-refractivity contribution >= 4 is 26.0 Å². The Kier molecular flexibility index (Phi) is 3.60. The number of hydrogen-bond acceptors (Lipinski definition) is 3. The summed E-state index contributed by atoms with van der Waals surface area (Å²) >= 11 is 3.23. The Balaban J connectivity index is 2.14. The van der Waals surface area contributed by atoms with E-state index in [1.165, 1.54) is 6.07 Å². The molecule has 90 valence electrons. The molecule has 0 aliphatic carbocycles. The Bertz CT molecular complexity index is 596. The van der Waals surface area contributed by atoms with Gasteiger partial charge in [-0.15, -0.1) is 0 Å². The topological polar surface area (TPSA) is 74.8 Å². The Morgan fingerprint density at radius 2 is 2.24 bits per heavy atom. The molecular formula is C10H10BrN3O2S. The van der Waals surface area contributed by atoms with E-state index < -0.39 is 10.0 Å². The maximum Gasteiger partial charge on any atom is 0.241 e. The number of imidazole rings is 1. The van der Waals surface area contributed by atoms with Gasteiger partial charge >= 0.3 is 0 Å². The molecule has 5 nitrogen and oxygen atoms in total. The van der Waals surface area contributed by atoms with Crippen LogP contribution < -0.4 is 4.72 Å². The predicted molar refractivity (Wildman–Crippen MR) is 66.8 cm³/mol. The first-order valence-electron chi connectivity index (χ1n) is 4.81. The molecule has 1 aromatic heterocycles. The van der Waals surface area contributed by atoms with Gasteiger partial charge < -0.3 is 4.98 Å². The fourth-order valence-electron chi connectivity index (χ4n) is 1.28. The molecule has 1 aromatic carbocycles. The van der Waals surface area contributed by atoms with Crippen LogP contribution in [0.1, 0.15) is 5.82 Å². The van der Waals surface area contributed by atoms with Gasteiger partial charge in [-0.3, -0.25) is 0 Å². The summed E-state index contributed by atoms with van der Waals surface area (Å²) in [4.78, 5) is 6.98. The second-order valence-electron chi connectivity index (χ2n) is 3.32. The quantitative estimate of drug-likeness (QED) is 0.901. The van der Waals surface area contributed by atoms with Gasteiger partial charge in [-0.2, -0.15) is 0 Å². The van der Waals surface area contributed by atoms with Crippen molar-refractivity contribution in [3.05, 3.63) is 47.0 Å². The lowest BCUT2D eigenvalue weighted by Crippen LogP contribution is -2.23. The van der Waals surface area contributed by atoms with Gasteiger partial charge in [0.25, 0.3) is 0 Å². The average molecular weight is 316 g/mol. The highest BCUT2D eigenvalue weighted by molar-refractivity contribution is 9.10. The molecule has 7 heteroatoms. The van der Waals surface area contributed by atoms with Crippen molar-refractivity contribution in [1.82, 2.24) is 14.7 Å². The molecule has 0 spiro atoms. The molecule has 1 heterocycles. The molecule has 0 saturated carbocycles. The number of nitrogens with one attached hydrogen (secondary N) is 2. The number of hydrogen-bond donors (Lipinski definition) is 2. The van der Waals surface area contributed by atoms with E-state index in [2.05, 4.69) is 30.6 Å². The smallest absolute Gasteiger partial charge is 0.241 e. The van der Waals surface area contributed by atoms with Gasteiger partial charge in [-0.1, -0.05) is 22.0 Å². The lowest BCUT2D eigenvalue weighted by atomic mass is 10.4. The minimum Gasteiger partial charge on any atom is -0.347 e. The monoisotopic (exact) mass is 315 g/mol. The minimum absolute atomic E-state index is 0.141. The van der Waals surface area contributed by atoms with Crippen LogP contribution in [0.4, 0.5) is 0 Å². The van der Waals surface area contributed by atoms with Crippen molar-refractivity contribution in [3.8, 4) is 0 Å². The first kappa shape index (κ1) is 12.3. The normalized spacial score (nSPS) is 11.6. The summed E-state index contributed by atoms with van der Waals surface area (Å²) in [5, 5.41) is 0. The van der Waals surface area contributed by atoms with Gasteiger partial charge in [0.1, 0.15) is 5.82 Å². The summed E-state index contributed by atoms with van der Waals surface area (Å²) < 4.78 is 27.0.